The molecule has 1 atom stereocenters. The van der Waals surface area contributed by atoms with Crippen LogP contribution in [-0.2, 0) is 6.42 Å². The minimum atomic E-state index is 0.606. The van der Waals surface area contributed by atoms with Crippen LogP contribution in [0, 0.1) is 0 Å². The van der Waals surface area contributed by atoms with Crippen molar-refractivity contribution in [2.24, 2.45) is 5.73 Å². The van der Waals surface area contributed by atoms with Gasteiger partial charge in [-0.3, -0.25) is 0 Å². The topological polar surface area (TPSA) is 29.3 Å². The first-order chi connectivity index (χ1) is 8.38. The zero-order chi connectivity index (χ0) is 11.7. The fourth-order valence-electron chi connectivity index (χ4n) is 3.27. The Balaban J connectivity index is 1.86. The van der Waals surface area contributed by atoms with Gasteiger partial charge in [0.15, 0.2) is 0 Å². The zero-order valence-electron chi connectivity index (χ0n) is 10.5. The van der Waals surface area contributed by atoms with E-state index < -0.39 is 0 Å². The molecule has 2 N–H and O–H groups in total. The Bertz CT molecular complexity index is 394. The van der Waals surface area contributed by atoms with Crippen molar-refractivity contribution in [3.63, 3.8) is 0 Å². The van der Waals surface area contributed by atoms with Crippen molar-refractivity contribution in [2.75, 3.05) is 24.5 Å². The van der Waals surface area contributed by atoms with Gasteiger partial charge in [0.1, 0.15) is 0 Å². The number of benzene rings is 1. The number of hydrogen-bond donors (Lipinski definition) is 1. The van der Waals surface area contributed by atoms with Crippen LogP contribution < -0.4 is 10.6 Å². The molecule has 0 saturated carbocycles. The SMILES string of the molecule is NCC1CCc2ccc(N3CCCCC3)cc21. The molecule has 17 heavy (non-hydrogen) atoms. The molecule has 1 aliphatic heterocycles. The second-order valence-corrected chi connectivity index (χ2v) is 5.40. The van der Waals surface area contributed by atoms with Crippen molar-refractivity contribution in [1.29, 1.82) is 0 Å². The van der Waals surface area contributed by atoms with Gasteiger partial charge in [-0.1, -0.05) is 6.07 Å². The number of fused-ring (bicyclic) bond motifs is 1. The van der Waals surface area contributed by atoms with Gasteiger partial charge < -0.3 is 10.6 Å². The summed E-state index contributed by atoms with van der Waals surface area (Å²) in [6, 6.07) is 7.04. The van der Waals surface area contributed by atoms with E-state index in [0.717, 1.165) is 6.54 Å². The monoisotopic (exact) mass is 230 g/mol. The molecule has 0 radical (unpaired) electrons. The Labute approximate surface area is 104 Å². The van der Waals surface area contributed by atoms with E-state index in [1.54, 1.807) is 0 Å². The van der Waals surface area contributed by atoms with Crippen LogP contribution in [0.4, 0.5) is 5.69 Å². The van der Waals surface area contributed by atoms with Crippen LogP contribution in [0.2, 0.25) is 0 Å². The third-order valence-corrected chi connectivity index (χ3v) is 4.34. The van der Waals surface area contributed by atoms with E-state index in [-0.39, 0.29) is 0 Å². The molecule has 0 aromatic heterocycles. The average Bonchev–Trinajstić information content (AvgIpc) is 2.81. The van der Waals surface area contributed by atoms with Crippen molar-refractivity contribution in [2.45, 2.75) is 38.0 Å². The molecule has 1 aromatic rings. The fourth-order valence-corrected chi connectivity index (χ4v) is 3.27. The Morgan fingerprint density at radius 1 is 1.18 bits per heavy atom. The van der Waals surface area contributed by atoms with E-state index >= 15 is 0 Å². The van der Waals surface area contributed by atoms with Crippen molar-refractivity contribution in [3.8, 4) is 0 Å². The first-order valence-electron chi connectivity index (χ1n) is 6.96. The number of nitrogens with two attached hydrogens (primary N) is 1. The maximum atomic E-state index is 5.86. The van der Waals surface area contributed by atoms with E-state index in [9.17, 15) is 0 Å². The first kappa shape index (κ1) is 11.1. The quantitative estimate of drug-likeness (QED) is 0.846. The molecule has 2 heteroatoms. The Morgan fingerprint density at radius 3 is 2.76 bits per heavy atom. The van der Waals surface area contributed by atoms with Crippen molar-refractivity contribution in [1.82, 2.24) is 0 Å². The van der Waals surface area contributed by atoms with Crippen LogP contribution in [0.5, 0.6) is 0 Å². The van der Waals surface area contributed by atoms with E-state index in [4.69, 9.17) is 5.73 Å². The molecule has 0 bridgehead atoms. The highest BCUT2D eigenvalue weighted by Crippen LogP contribution is 2.35. The normalized spacial score (nSPS) is 23.8. The smallest absolute Gasteiger partial charge is 0.0369 e. The molecule has 3 rings (SSSR count). The lowest BCUT2D eigenvalue weighted by Gasteiger charge is -2.29. The van der Waals surface area contributed by atoms with Crippen LogP contribution in [-0.4, -0.2) is 19.6 Å². The number of rotatable bonds is 2. The van der Waals surface area contributed by atoms with Crippen molar-refractivity contribution in [3.05, 3.63) is 29.3 Å². The van der Waals surface area contributed by atoms with Gasteiger partial charge in [-0.15, -0.1) is 0 Å². The standard InChI is InChI=1S/C15H22N2/c16-11-13-5-4-12-6-7-14(10-15(12)13)17-8-2-1-3-9-17/h6-7,10,13H,1-5,8-9,11,16H2. The Kier molecular flexibility index (Phi) is 3.06. The second-order valence-electron chi connectivity index (χ2n) is 5.40. The van der Waals surface area contributed by atoms with Gasteiger partial charge in [-0.2, -0.15) is 0 Å². The number of hydrogen-bond acceptors (Lipinski definition) is 2. The van der Waals surface area contributed by atoms with Crippen molar-refractivity contribution < 1.29 is 0 Å². The van der Waals surface area contributed by atoms with Crippen LogP contribution in [0.1, 0.15) is 42.7 Å². The number of nitrogens with zero attached hydrogens (tertiary/aromatic N) is 1. The summed E-state index contributed by atoms with van der Waals surface area (Å²) in [4.78, 5) is 2.54. The third-order valence-electron chi connectivity index (χ3n) is 4.34. The number of aryl methyl sites for hydroxylation is 1. The first-order valence-corrected chi connectivity index (χ1v) is 6.96. The summed E-state index contributed by atoms with van der Waals surface area (Å²) >= 11 is 0. The second kappa shape index (κ2) is 4.69. The lowest BCUT2D eigenvalue weighted by Crippen LogP contribution is -2.29. The van der Waals surface area contributed by atoms with Crippen LogP contribution in [0.25, 0.3) is 0 Å². The molecular formula is C15H22N2. The van der Waals surface area contributed by atoms with Gasteiger partial charge in [0.05, 0.1) is 0 Å². The Hall–Kier alpha value is -1.02. The molecule has 2 aliphatic rings. The summed E-state index contributed by atoms with van der Waals surface area (Å²) in [6.07, 6.45) is 6.55. The molecule has 92 valence electrons. The number of anilines is 1. The predicted octanol–water partition coefficient (Wildman–Crippen LogP) is 2.67. The van der Waals surface area contributed by atoms with Gasteiger partial charge in [0, 0.05) is 18.8 Å². The molecule has 1 unspecified atom stereocenters. The minimum Gasteiger partial charge on any atom is -0.372 e. The molecular weight excluding hydrogens is 208 g/mol. The highest BCUT2D eigenvalue weighted by molar-refractivity contribution is 5.53. The lowest BCUT2D eigenvalue weighted by atomic mass is 10.00. The van der Waals surface area contributed by atoms with Gasteiger partial charge in [0.2, 0.25) is 0 Å². The molecule has 1 heterocycles. The molecule has 1 aliphatic carbocycles. The lowest BCUT2D eigenvalue weighted by molar-refractivity contribution is 0.577. The predicted molar refractivity (Wildman–Crippen MR) is 72.6 cm³/mol. The summed E-state index contributed by atoms with van der Waals surface area (Å²) in [7, 11) is 0. The minimum absolute atomic E-state index is 0.606. The zero-order valence-corrected chi connectivity index (χ0v) is 10.5. The summed E-state index contributed by atoms with van der Waals surface area (Å²) in [6.45, 7) is 3.26. The third kappa shape index (κ3) is 2.06. The summed E-state index contributed by atoms with van der Waals surface area (Å²) in [5.74, 6) is 0.606. The van der Waals surface area contributed by atoms with Crippen LogP contribution in [0.3, 0.4) is 0 Å². The molecule has 1 fully saturated rings. The van der Waals surface area contributed by atoms with Gasteiger partial charge in [0.25, 0.3) is 0 Å². The molecule has 0 spiro atoms. The molecule has 2 nitrogen and oxygen atoms in total. The highest BCUT2D eigenvalue weighted by atomic mass is 15.1. The van der Waals surface area contributed by atoms with E-state index in [1.165, 1.54) is 62.0 Å². The number of piperidine rings is 1. The highest BCUT2D eigenvalue weighted by Gasteiger charge is 2.22. The fraction of sp³-hybridized carbons (Fsp3) is 0.600. The maximum Gasteiger partial charge on any atom is 0.0369 e. The van der Waals surface area contributed by atoms with E-state index in [1.807, 2.05) is 0 Å². The van der Waals surface area contributed by atoms with Gasteiger partial charge >= 0.3 is 0 Å². The van der Waals surface area contributed by atoms with E-state index in [2.05, 4.69) is 23.1 Å². The summed E-state index contributed by atoms with van der Waals surface area (Å²) in [5, 5.41) is 0. The average molecular weight is 230 g/mol. The largest absolute Gasteiger partial charge is 0.372 e. The summed E-state index contributed by atoms with van der Waals surface area (Å²) < 4.78 is 0. The molecule has 0 amide bonds. The summed E-state index contributed by atoms with van der Waals surface area (Å²) in [5.41, 5.74) is 10.3. The van der Waals surface area contributed by atoms with Crippen molar-refractivity contribution >= 4 is 5.69 Å². The van der Waals surface area contributed by atoms with Gasteiger partial charge in [-0.25, -0.2) is 0 Å². The van der Waals surface area contributed by atoms with E-state index in [0.29, 0.717) is 5.92 Å². The Morgan fingerprint density at radius 2 is 2.00 bits per heavy atom. The molecule has 1 aromatic carbocycles. The van der Waals surface area contributed by atoms with Crippen LogP contribution in [0.15, 0.2) is 18.2 Å². The molecule has 1 saturated heterocycles. The van der Waals surface area contributed by atoms with Gasteiger partial charge in [-0.05, 0) is 67.8 Å². The van der Waals surface area contributed by atoms with Crippen LogP contribution >= 0.6 is 0 Å². The maximum absolute atomic E-state index is 5.86.